The first-order valence-electron chi connectivity index (χ1n) is 11.7. The minimum Gasteiger partial charge on any atom is -0.507 e. The van der Waals surface area contributed by atoms with Crippen LogP contribution in [0.2, 0.25) is 0 Å². The normalized spacial score (nSPS) is 10.9. The van der Waals surface area contributed by atoms with Gasteiger partial charge in [0.2, 0.25) is 6.79 Å². The van der Waals surface area contributed by atoms with Gasteiger partial charge in [-0.2, -0.15) is 0 Å². The van der Waals surface area contributed by atoms with E-state index < -0.39 is 0 Å². The fourth-order valence-corrected chi connectivity index (χ4v) is 3.89. The summed E-state index contributed by atoms with van der Waals surface area (Å²) in [6.07, 6.45) is 5.62. The Morgan fingerprint density at radius 3 is 2.44 bits per heavy atom. The Labute approximate surface area is 193 Å². The summed E-state index contributed by atoms with van der Waals surface area (Å²) in [4.78, 5) is 12.3. The Hall–Kier alpha value is -2.75. The first-order valence-corrected chi connectivity index (χ1v) is 11.7. The average molecular weight is 439 g/mol. The molecular weight excluding hydrogens is 400 g/mol. The summed E-state index contributed by atoms with van der Waals surface area (Å²) in [6, 6.07) is 9.85. The largest absolute Gasteiger partial charge is 0.507 e. The molecule has 0 heterocycles. The van der Waals surface area contributed by atoms with Gasteiger partial charge in [0, 0.05) is 0 Å². The second kappa shape index (κ2) is 12.3. The van der Waals surface area contributed by atoms with Crippen LogP contribution in [0.15, 0.2) is 36.9 Å². The Morgan fingerprint density at radius 2 is 1.81 bits per heavy atom. The zero-order chi connectivity index (χ0) is 23.7. The molecule has 0 aliphatic rings. The van der Waals surface area contributed by atoms with Crippen molar-refractivity contribution in [2.45, 2.75) is 73.1 Å². The molecule has 0 spiro atoms. The number of ether oxygens (including phenoxy) is 2. The molecule has 2 rings (SSSR count). The van der Waals surface area contributed by atoms with Crippen LogP contribution in [-0.2, 0) is 16.0 Å². The molecule has 0 unspecified atom stereocenters. The minimum absolute atomic E-state index is 0.126. The number of benzene rings is 2. The lowest BCUT2D eigenvalue weighted by atomic mass is 9.91. The maximum absolute atomic E-state index is 12.3. The summed E-state index contributed by atoms with van der Waals surface area (Å²) in [6.45, 7) is 14.0. The average Bonchev–Trinajstić information content (AvgIpc) is 2.74. The highest BCUT2D eigenvalue weighted by Gasteiger charge is 2.20. The topological polar surface area (TPSA) is 55.8 Å². The van der Waals surface area contributed by atoms with E-state index in [4.69, 9.17) is 9.47 Å². The maximum atomic E-state index is 12.3. The molecule has 0 saturated heterocycles. The molecule has 0 saturated carbocycles. The highest BCUT2D eigenvalue weighted by atomic mass is 16.7. The monoisotopic (exact) mass is 438 g/mol. The second-order valence-electron chi connectivity index (χ2n) is 8.51. The molecule has 0 atom stereocenters. The molecule has 1 N–H and O–H groups in total. The molecule has 0 radical (unpaired) electrons. The molecule has 4 heteroatoms. The Bertz CT molecular complexity index is 925. The Morgan fingerprint density at radius 1 is 1.09 bits per heavy atom. The van der Waals surface area contributed by atoms with E-state index in [0.717, 1.165) is 66.4 Å². The van der Waals surface area contributed by atoms with E-state index in [-0.39, 0.29) is 24.4 Å². The van der Waals surface area contributed by atoms with Crippen LogP contribution in [-0.4, -0.2) is 17.9 Å². The van der Waals surface area contributed by atoms with Crippen LogP contribution in [0.25, 0.3) is 16.7 Å². The third-order valence-electron chi connectivity index (χ3n) is 5.85. The summed E-state index contributed by atoms with van der Waals surface area (Å²) in [5.74, 6) is 0.298. The van der Waals surface area contributed by atoms with Crippen molar-refractivity contribution in [3.05, 3.63) is 53.6 Å². The molecule has 32 heavy (non-hydrogen) atoms. The number of carbonyl (C=O) groups excluding carboxylic acids is 1. The maximum Gasteiger partial charge on any atom is 0.311 e. The van der Waals surface area contributed by atoms with Crippen LogP contribution in [0.5, 0.6) is 11.5 Å². The smallest absolute Gasteiger partial charge is 0.311 e. The SMILES string of the molecule is C=C(C)c1ccc(C)cc1-c1c(O)cc(CCCCC)cc1OCOC(=O)C(CC)CC. The predicted octanol–water partition coefficient (Wildman–Crippen LogP) is 7.45. The Balaban J connectivity index is 2.43. The molecule has 2 aromatic carbocycles. The molecule has 4 nitrogen and oxygen atoms in total. The fraction of sp³-hybridized carbons (Fsp3) is 0.464. The third kappa shape index (κ3) is 6.62. The van der Waals surface area contributed by atoms with E-state index in [0.29, 0.717) is 11.3 Å². The number of unbranched alkanes of at least 4 members (excludes halogenated alkanes) is 2. The van der Waals surface area contributed by atoms with Crippen molar-refractivity contribution in [2.24, 2.45) is 5.92 Å². The number of esters is 1. The lowest BCUT2D eigenvalue weighted by Gasteiger charge is -2.19. The first kappa shape index (κ1) is 25.5. The van der Waals surface area contributed by atoms with Crippen molar-refractivity contribution in [3.63, 3.8) is 0 Å². The van der Waals surface area contributed by atoms with Gasteiger partial charge in [0.1, 0.15) is 11.5 Å². The van der Waals surface area contributed by atoms with E-state index in [2.05, 4.69) is 13.5 Å². The van der Waals surface area contributed by atoms with Crippen molar-refractivity contribution < 1.29 is 19.4 Å². The van der Waals surface area contributed by atoms with E-state index in [1.807, 2.05) is 58.0 Å². The van der Waals surface area contributed by atoms with E-state index >= 15 is 0 Å². The number of aromatic hydroxyl groups is 1. The van der Waals surface area contributed by atoms with Crippen LogP contribution < -0.4 is 4.74 Å². The number of phenols is 1. The Kier molecular flexibility index (Phi) is 9.83. The molecule has 0 amide bonds. The first-order chi connectivity index (χ1) is 15.3. The van der Waals surface area contributed by atoms with Gasteiger partial charge in [0.15, 0.2) is 0 Å². The summed E-state index contributed by atoms with van der Waals surface area (Å²) < 4.78 is 11.4. The molecule has 0 aliphatic carbocycles. The molecule has 0 fully saturated rings. The van der Waals surface area contributed by atoms with Crippen LogP contribution in [0, 0.1) is 12.8 Å². The van der Waals surface area contributed by atoms with E-state index in [1.165, 1.54) is 0 Å². The molecule has 0 aromatic heterocycles. The van der Waals surface area contributed by atoms with Crippen LogP contribution in [0.3, 0.4) is 0 Å². The summed E-state index contributed by atoms with van der Waals surface area (Å²) in [5, 5.41) is 11.0. The lowest BCUT2D eigenvalue weighted by molar-refractivity contribution is -0.155. The van der Waals surface area contributed by atoms with Gasteiger partial charge in [0.05, 0.1) is 11.5 Å². The zero-order valence-electron chi connectivity index (χ0n) is 20.3. The van der Waals surface area contributed by atoms with Gasteiger partial charge < -0.3 is 14.6 Å². The number of rotatable bonds is 12. The molecular formula is C28H38O4. The third-order valence-corrected chi connectivity index (χ3v) is 5.85. The number of aryl methyl sites for hydroxylation is 2. The highest BCUT2D eigenvalue weighted by molar-refractivity contribution is 5.86. The summed E-state index contributed by atoms with van der Waals surface area (Å²) >= 11 is 0. The van der Waals surface area contributed by atoms with Gasteiger partial charge in [-0.1, -0.05) is 69.5 Å². The number of phenolic OH excluding ortho intramolecular Hbond substituents is 1. The number of hydrogen-bond donors (Lipinski definition) is 1. The van der Waals surface area contributed by atoms with E-state index in [1.54, 1.807) is 0 Å². The summed E-state index contributed by atoms with van der Waals surface area (Å²) in [5.41, 5.74) is 5.38. The second-order valence-corrected chi connectivity index (χ2v) is 8.51. The van der Waals surface area contributed by atoms with Crippen molar-refractivity contribution in [3.8, 4) is 22.6 Å². The van der Waals surface area contributed by atoms with Gasteiger partial charge in [-0.25, -0.2) is 0 Å². The van der Waals surface area contributed by atoms with Crippen molar-refractivity contribution in [1.82, 2.24) is 0 Å². The van der Waals surface area contributed by atoms with Gasteiger partial charge in [-0.3, -0.25) is 4.79 Å². The molecule has 174 valence electrons. The summed E-state index contributed by atoms with van der Waals surface area (Å²) in [7, 11) is 0. The number of allylic oxidation sites excluding steroid dienone is 1. The van der Waals surface area contributed by atoms with Crippen LogP contribution in [0.4, 0.5) is 0 Å². The quantitative estimate of drug-likeness (QED) is 0.212. The molecule has 0 bridgehead atoms. The van der Waals surface area contributed by atoms with Gasteiger partial charge in [0.25, 0.3) is 0 Å². The van der Waals surface area contributed by atoms with Gasteiger partial charge >= 0.3 is 5.97 Å². The van der Waals surface area contributed by atoms with Crippen LogP contribution in [0.1, 0.15) is 76.5 Å². The standard InChI is InChI=1S/C28H38O4/c1-7-10-11-12-21-16-25(29)27(24-15-20(6)13-14-23(24)19(4)5)26(17-21)31-18-32-28(30)22(8-2)9-3/h13-17,22,29H,4,7-12,18H2,1-3,5-6H3. The molecule has 0 aliphatic heterocycles. The molecule has 2 aromatic rings. The van der Waals surface area contributed by atoms with Gasteiger partial charge in [-0.05, 0) is 68.4 Å². The van der Waals surface area contributed by atoms with Crippen molar-refractivity contribution in [1.29, 1.82) is 0 Å². The minimum atomic E-state index is -0.252. The van der Waals surface area contributed by atoms with Crippen molar-refractivity contribution in [2.75, 3.05) is 6.79 Å². The highest BCUT2D eigenvalue weighted by Crippen LogP contribution is 2.42. The van der Waals surface area contributed by atoms with Crippen LogP contribution >= 0.6 is 0 Å². The zero-order valence-corrected chi connectivity index (χ0v) is 20.3. The lowest BCUT2D eigenvalue weighted by Crippen LogP contribution is -2.19. The predicted molar refractivity (Wildman–Crippen MR) is 132 cm³/mol. The number of hydrogen-bond acceptors (Lipinski definition) is 4. The fourth-order valence-electron chi connectivity index (χ4n) is 3.89. The van der Waals surface area contributed by atoms with Crippen molar-refractivity contribution >= 4 is 11.5 Å². The number of carbonyl (C=O) groups is 1. The van der Waals surface area contributed by atoms with Gasteiger partial charge in [-0.15, -0.1) is 0 Å². The van der Waals surface area contributed by atoms with E-state index in [9.17, 15) is 9.90 Å².